The van der Waals surface area contributed by atoms with Crippen molar-refractivity contribution in [2.75, 3.05) is 0 Å². The van der Waals surface area contributed by atoms with Crippen molar-refractivity contribution in [3.8, 4) is 11.4 Å². The Morgan fingerprint density at radius 3 is 2.62 bits per heavy atom. The zero-order valence-electron chi connectivity index (χ0n) is 10.8. The van der Waals surface area contributed by atoms with E-state index in [9.17, 15) is 18.0 Å². The molecule has 3 aromatic rings. The van der Waals surface area contributed by atoms with Gasteiger partial charge in [0.15, 0.2) is 0 Å². The third-order valence-electron chi connectivity index (χ3n) is 3.06. The highest BCUT2D eigenvalue weighted by atomic mass is 19.4. The molecule has 21 heavy (non-hydrogen) atoms. The van der Waals surface area contributed by atoms with Crippen molar-refractivity contribution in [3.05, 3.63) is 46.6 Å². The van der Waals surface area contributed by atoms with Crippen molar-refractivity contribution in [3.63, 3.8) is 0 Å². The van der Waals surface area contributed by atoms with Crippen molar-refractivity contribution in [2.45, 2.75) is 6.18 Å². The fraction of sp³-hybridized carbons (Fsp3) is 0.154. The quantitative estimate of drug-likeness (QED) is 0.749. The van der Waals surface area contributed by atoms with E-state index in [-0.39, 0.29) is 11.4 Å². The Kier molecular flexibility index (Phi) is 2.82. The molecule has 0 amide bonds. The number of alkyl halides is 3. The van der Waals surface area contributed by atoms with Gasteiger partial charge in [-0.25, -0.2) is 4.98 Å². The second-order valence-electron chi connectivity index (χ2n) is 4.51. The van der Waals surface area contributed by atoms with E-state index in [1.807, 2.05) is 0 Å². The lowest BCUT2D eigenvalue weighted by Gasteiger charge is -2.06. The molecule has 0 atom stereocenters. The Balaban J connectivity index is 2.12. The molecular formula is C13H9F3N4O. The molecule has 108 valence electrons. The van der Waals surface area contributed by atoms with Crippen LogP contribution in [-0.4, -0.2) is 19.5 Å². The Morgan fingerprint density at radius 2 is 2.00 bits per heavy atom. The third kappa shape index (κ3) is 2.28. The first-order valence-corrected chi connectivity index (χ1v) is 5.95. The van der Waals surface area contributed by atoms with Crippen molar-refractivity contribution >= 4 is 11.0 Å². The summed E-state index contributed by atoms with van der Waals surface area (Å²) in [6.45, 7) is 0. The van der Waals surface area contributed by atoms with E-state index in [4.69, 9.17) is 0 Å². The molecule has 0 spiro atoms. The number of hydrogen-bond acceptors (Lipinski definition) is 3. The van der Waals surface area contributed by atoms with Crippen LogP contribution in [0.4, 0.5) is 13.2 Å². The molecule has 0 aliphatic rings. The Bertz CT molecular complexity index is 862. The lowest BCUT2D eigenvalue weighted by molar-refractivity contribution is -0.141. The van der Waals surface area contributed by atoms with Crippen LogP contribution in [0.1, 0.15) is 5.69 Å². The molecule has 0 fully saturated rings. The fourth-order valence-corrected chi connectivity index (χ4v) is 1.98. The van der Waals surface area contributed by atoms with Crippen LogP contribution in [0.25, 0.3) is 22.4 Å². The first-order valence-electron chi connectivity index (χ1n) is 5.95. The molecule has 0 saturated heterocycles. The molecule has 0 bridgehead atoms. The number of H-pyrrole nitrogens is 1. The van der Waals surface area contributed by atoms with Crippen LogP contribution >= 0.6 is 0 Å². The average Bonchev–Trinajstić information content (AvgIpc) is 2.80. The van der Waals surface area contributed by atoms with Crippen LogP contribution in [0, 0.1) is 0 Å². The van der Waals surface area contributed by atoms with Crippen LogP contribution in [0.5, 0.6) is 0 Å². The minimum absolute atomic E-state index is 0.176. The van der Waals surface area contributed by atoms with Gasteiger partial charge in [0.25, 0.3) is 5.56 Å². The van der Waals surface area contributed by atoms with Crippen molar-refractivity contribution in [1.29, 1.82) is 0 Å². The second kappa shape index (κ2) is 4.44. The summed E-state index contributed by atoms with van der Waals surface area (Å²) < 4.78 is 39.1. The number of pyridine rings is 1. The van der Waals surface area contributed by atoms with Crippen LogP contribution in [-0.2, 0) is 13.2 Å². The molecule has 0 aromatic carbocycles. The average molecular weight is 294 g/mol. The van der Waals surface area contributed by atoms with E-state index in [2.05, 4.69) is 15.0 Å². The first-order chi connectivity index (χ1) is 9.86. The normalized spacial score (nSPS) is 12.0. The molecule has 3 heterocycles. The van der Waals surface area contributed by atoms with Gasteiger partial charge in [0.2, 0.25) is 0 Å². The largest absolute Gasteiger partial charge is 0.433 e. The van der Waals surface area contributed by atoms with E-state index in [1.54, 1.807) is 23.9 Å². The summed E-state index contributed by atoms with van der Waals surface area (Å²) in [4.78, 5) is 22.0. The number of aromatic nitrogens is 4. The van der Waals surface area contributed by atoms with Gasteiger partial charge in [0.1, 0.15) is 17.2 Å². The summed E-state index contributed by atoms with van der Waals surface area (Å²) in [5, 5.41) is 0.418. The standard InChI is InChI=1S/C13H9F3N4O/c1-20-5-4-8-11(20)18-10(19-12(8)21)7-2-3-9(17-6-7)13(14,15)16/h2-6H,1H3,(H,18,19,21). The van der Waals surface area contributed by atoms with Crippen LogP contribution in [0.2, 0.25) is 0 Å². The van der Waals surface area contributed by atoms with Gasteiger partial charge in [-0.05, 0) is 18.2 Å². The minimum Gasteiger partial charge on any atom is -0.335 e. The Labute approximate surface area is 116 Å². The van der Waals surface area contributed by atoms with Gasteiger partial charge in [-0.2, -0.15) is 13.2 Å². The molecule has 1 N–H and O–H groups in total. The predicted octanol–water partition coefficient (Wildman–Crippen LogP) is 2.34. The Morgan fingerprint density at radius 1 is 1.24 bits per heavy atom. The zero-order chi connectivity index (χ0) is 15.2. The summed E-state index contributed by atoms with van der Waals surface area (Å²) in [6, 6.07) is 3.70. The topological polar surface area (TPSA) is 63.6 Å². The van der Waals surface area contributed by atoms with E-state index < -0.39 is 11.9 Å². The van der Waals surface area contributed by atoms with Crippen molar-refractivity contribution < 1.29 is 13.2 Å². The summed E-state index contributed by atoms with van der Waals surface area (Å²) in [7, 11) is 1.73. The van der Waals surface area contributed by atoms with Crippen LogP contribution in [0.15, 0.2) is 35.4 Å². The number of halogens is 3. The number of nitrogens with zero attached hydrogens (tertiary/aromatic N) is 3. The summed E-state index contributed by atoms with van der Waals surface area (Å²) >= 11 is 0. The lowest BCUT2D eigenvalue weighted by atomic mass is 10.2. The first kappa shape index (κ1) is 13.3. The maximum Gasteiger partial charge on any atom is 0.433 e. The molecule has 0 aliphatic heterocycles. The van der Waals surface area contributed by atoms with Crippen molar-refractivity contribution in [2.24, 2.45) is 7.05 Å². The third-order valence-corrected chi connectivity index (χ3v) is 3.06. The minimum atomic E-state index is -4.50. The molecule has 0 unspecified atom stereocenters. The number of rotatable bonds is 1. The van der Waals surface area contributed by atoms with Gasteiger partial charge < -0.3 is 9.55 Å². The highest BCUT2D eigenvalue weighted by Crippen LogP contribution is 2.28. The zero-order valence-corrected chi connectivity index (χ0v) is 10.8. The number of aromatic amines is 1. The molecular weight excluding hydrogens is 285 g/mol. The van der Waals surface area contributed by atoms with Crippen molar-refractivity contribution in [1.82, 2.24) is 19.5 Å². The van der Waals surface area contributed by atoms with E-state index in [1.165, 1.54) is 6.07 Å². The monoisotopic (exact) mass is 294 g/mol. The maximum atomic E-state index is 12.5. The number of fused-ring (bicyclic) bond motifs is 1. The number of aryl methyl sites for hydroxylation is 1. The van der Waals surface area contributed by atoms with E-state index in [0.29, 0.717) is 16.6 Å². The molecule has 0 radical (unpaired) electrons. The van der Waals surface area contributed by atoms with Gasteiger partial charge in [-0.15, -0.1) is 0 Å². The van der Waals surface area contributed by atoms with Crippen LogP contribution < -0.4 is 5.56 Å². The summed E-state index contributed by atoms with van der Waals surface area (Å²) in [6.07, 6.45) is -1.78. The molecule has 0 saturated carbocycles. The van der Waals surface area contributed by atoms with E-state index >= 15 is 0 Å². The predicted molar refractivity (Wildman–Crippen MR) is 69.6 cm³/mol. The van der Waals surface area contributed by atoms with Gasteiger partial charge in [0, 0.05) is 25.0 Å². The van der Waals surface area contributed by atoms with Crippen LogP contribution in [0.3, 0.4) is 0 Å². The Hall–Kier alpha value is -2.64. The SMILES string of the molecule is Cn1ccc2c(=O)[nH]c(-c3ccc(C(F)(F)F)nc3)nc21. The number of nitrogens with one attached hydrogen (secondary N) is 1. The van der Waals surface area contributed by atoms with Gasteiger partial charge >= 0.3 is 6.18 Å². The van der Waals surface area contributed by atoms with Gasteiger partial charge in [-0.1, -0.05) is 0 Å². The lowest BCUT2D eigenvalue weighted by Crippen LogP contribution is -2.11. The molecule has 3 aromatic heterocycles. The second-order valence-corrected chi connectivity index (χ2v) is 4.51. The maximum absolute atomic E-state index is 12.5. The smallest absolute Gasteiger partial charge is 0.335 e. The highest BCUT2D eigenvalue weighted by molar-refractivity contribution is 5.77. The number of hydrogen-bond donors (Lipinski definition) is 1. The summed E-state index contributed by atoms with van der Waals surface area (Å²) in [5.74, 6) is 0.176. The van der Waals surface area contributed by atoms with Gasteiger partial charge in [0.05, 0.1) is 5.39 Å². The van der Waals surface area contributed by atoms with E-state index in [0.717, 1.165) is 12.3 Å². The molecule has 5 nitrogen and oxygen atoms in total. The molecule has 0 aliphatic carbocycles. The fourth-order valence-electron chi connectivity index (χ4n) is 1.98. The summed E-state index contributed by atoms with van der Waals surface area (Å²) in [5.41, 5.74) is -0.583. The highest BCUT2D eigenvalue weighted by Gasteiger charge is 2.32. The molecule has 8 heteroatoms. The molecule has 3 rings (SSSR count). The van der Waals surface area contributed by atoms with Gasteiger partial charge in [-0.3, -0.25) is 9.78 Å².